The molecule has 1 rings (SSSR count). The van der Waals surface area contributed by atoms with Gasteiger partial charge in [-0.15, -0.1) is 0 Å². The van der Waals surface area contributed by atoms with Crippen LogP contribution in [-0.2, 0) is 25.4 Å². The van der Waals surface area contributed by atoms with Gasteiger partial charge in [0.2, 0.25) is 5.91 Å². The Morgan fingerprint density at radius 2 is 1.95 bits per heavy atom. The molecule has 0 aliphatic carbocycles. The first-order valence-electron chi connectivity index (χ1n) is 7.12. The first-order valence-corrected chi connectivity index (χ1v) is 7.12. The second-order valence-corrected chi connectivity index (χ2v) is 5.18. The zero-order valence-electron chi connectivity index (χ0n) is 13.1. The number of carbonyl (C=O) groups is 1. The molecule has 1 unspecified atom stereocenters. The highest BCUT2D eigenvalue weighted by molar-refractivity contribution is 5.76. The average molecular weight is 296 g/mol. The zero-order chi connectivity index (χ0) is 16.0. The minimum Gasteiger partial charge on any atom is -0.354 e. The minimum absolute atomic E-state index is 0.00489. The first kappa shape index (κ1) is 17.2. The van der Waals surface area contributed by atoms with Crippen LogP contribution in [0.4, 0.5) is 0 Å². The summed E-state index contributed by atoms with van der Waals surface area (Å²) >= 11 is 0. The van der Waals surface area contributed by atoms with Gasteiger partial charge in [0.1, 0.15) is 0 Å². The SMILES string of the molecule is CCC(C)NC(=O)CCNCc1cc(=O)n(C)c(=O)n1C. The molecule has 1 atom stereocenters. The molecule has 0 saturated carbocycles. The van der Waals surface area contributed by atoms with E-state index in [0.717, 1.165) is 11.0 Å². The average Bonchev–Trinajstić information content (AvgIpc) is 2.46. The van der Waals surface area contributed by atoms with Crippen molar-refractivity contribution in [2.45, 2.75) is 39.3 Å². The van der Waals surface area contributed by atoms with Crippen LogP contribution in [0.5, 0.6) is 0 Å². The van der Waals surface area contributed by atoms with Crippen molar-refractivity contribution in [2.75, 3.05) is 6.54 Å². The lowest BCUT2D eigenvalue weighted by atomic mass is 10.2. The quantitative estimate of drug-likeness (QED) is 0.663. The van der Waals surface area contributed by atoms with Gasteiger partial charge in [0, 0.05) is 51.4 Å². The molecule has 118 valence electrons. The molecule has 7 heteroatoms. The predicted molar refractivity (Wildman–Crippen MR) is 81.1 cm³/mol. The van der Waals surface area contributed by atoms with E-state index in [0.29, 0.717) is 25.2 Å². The lowest BCUT2D eigenvalue weighted by Crippen LogP contribution is -2.39. The van der Waals surface area contributed by atoms with Crippen molar-refractivity contribution in [2.24, 2.45) is 14.1 Å². The van der Waals surface area contributed by atoms with Crippen molar-refractivity contribution in [3.05, 3.63) is 32.6 Å². The molecule has 2 N–H and O–H groups in total. The van der Waals surface area contributed by atoms with E-state index >= 15 is 0 Å². The lowest BCUT2D eigenvalue weighted by molar-refractivity contribution is -0.121. The molecule has 1 amide bonds. The molecule has 0 fully saturated rings. The molecular formula is C14H24N4O3. The van der Waals surface area contributed by atoms with Crippen molar-refractivity contribution in [1.29, 1.82) is 0 Å². The van der Waals surface area contributed by atoms with Crippen LogP contribution >= 0.6 is 0 Å². The number of hydrogen-bond acceptors (Lipinski definition) is 4. The standard InChI is InChI=1S/C14H24N4O3/c1-5-10(2)16-12(19)6-7-15-9-11-8-13(20)18(4)14(21)17(11)3/h8,10,15H,5-7,9H2,1-4H3,(H,16,19). The number of nitrogens with one attached hydrogen (secondary N) is 2. The molecule has 0 aliphatic rings. The highest BCUT2D eigenvalue weighted by Gasteiger charge is 2.07. The summed E-state index contributed by atoms with van der Waals surface area (Å²) < 4.78 is 2.48. The Balaban J connectivity index is 2.49. The fourth-order valence-electron chi connectivity index (χ4n) is 1.82. The van der Waals surface area contributed by atoms with Gasteiger partial charge >= 0.3 is 5.69 Å². The summed E-state index contributed by atoms with van der Waals surface area (Å²) in [5.41, 5.74) is -0.0799. The summed E-state index contributed by atoms with van der Waals surface area (Å²) in [4.78, 5) is 34.9. The van der Waals surface area contributed by atoms with E-state index in [4.69, 9.17) is 0 Å². The molecule has 0 spiro atoms. The summed E-state index contributed by atoms with van der Waals surface area (Å²) in [7, 11) is 3.07. The number of aromatic nitrogens is 2. The molecule has 21 heavy (non-hydrogen) atoms. The van der Waals surface area contributed by atoms with Gasteiger partial charge in [0.05, 0.1) is 0 Å². The van der Waals surface area contributed by atoms with Crippen molar-refractivity contribution >= 4 is 5.91 Å². The Bertz CT molecular complexity index is 603. The highest BCUT2D eigenvalue weighted by atomic mass is 16.2. The predicted octanol–water partition coefficient (Wildman–Crippen LogP) is -0.522. The van der Waals surface area contributed by atoms with E-state index in [-0.39, 0.29) is 23.2 Å². The molecule has 1 aromatic rings. The Morgan fingerprint density at radius 3 is 2.57 bits per heavy atom. The van der Waals surface area contributed by atoms with Gasteiger partial charge in [-0.1, -0.05) is 6.92 Å². The van der Waals surface area contributed by atoms with Gasteiger partial charge in [-0.2, -0.15) is 0 Å². The van der Waals surface area contributed by atoms with Crippen LogP contribution in [0, 0.1) is 0 Å². The third kappa shape index (κ3) is 4.86. The smallest absolute Gasteiger partial charge is 0.330 e. The molecule has 0 aliphatic heterocycles. The van der Waals surface area contributed by atoms with E-state index in [9.17, 15) is 14.4 Å². The third-order valence-electron chi connectivity index (χ3n) is 3.48. The van der Waals surface area contributed by atoms with Crippen molar-refractivity contribution in [1.82, 2.24) is 19.8 Å². The maximum Gasteiger partial charge on any atom is 0.330 e. The molecule has 1 heterocycles. The summed E-state index contributed by atoms with van der Waals surface area (Å²) in [6.07, 6.45) is 1.26. The van der Waals surface area contributed by atoms with Crippen LogP contribution in [0.1, 0.15) is 32.4 Å². The van der Waals surface area contributed by atoms with E-state index in [2.05, 4.69) is 10.6 Å². The van der Waals surface area contributed by atoms with Gasteiger partial charge in [0.25, 0.3) is 5.56 Å². The van der Waals surface area contributed by atoms with E-state index in [1.165, 1.54) is 17.7 Å². The van der Waals surface area contributed by atoms with E-state index in [1.54, 1.807) is 7.05 Å². The summed E-state index contributed by atoms with van der Waals surface area (Å²) in [5.74, 6) is -0.00489. The monoisotopic (exact) mass is 296 g/mol. The highest BCUT2D eigenvalue weighted by Crippen LogP contribution is 1.92. The molecule has 7 nitrogen and oxygen atoms in total. The molecule has 1 aromatic heterocycles. The molecule has 0 bridgehead atoms. The van der Waals surface area contributed by atoms with Gasteiger partial charge in [-0.3, -0.25) is 18.7 Å². The first-order chi connectivity index (χ1) is 9.86. The van der Waals surface area contributed by atoms with Gasteiger partial charge in [-0.05, 0) is 13.3 Å². The fraction of sp³-hybridized carbons (Fsp3) is 0.643. The Morgan fingerprint density at radius 1 is 1.29 bits per heavy atom. The topological polar surface area (TPSA) is 85.1 Å². The minimum atomic E-state index is -0.353. The summed E-state index contributed by atoms with van der Waals surface area (Å²) in [5, 5.41) is 5.95. The van der Waals surface area contributed by atoms with Gasteiger partial charge in [-0.25, -0.2) is 4.79 Å². The van der Waals surface area contributed by atoms with Crippen molar-refractivity contribution in [3.63, 3.8) is 0 Å². The Labute approximate surface area is 124 Å². The van der Waals surface area contributed by atoms with E-state index < -0.39 is 0 Å². The van der Waals surface area contributed by atoms with E-state index in [1.807, 2.05) is 13.8 Å². The second-order valence-electron chi connectivity index (χ2n) is 5.18. The zero-order valence-corrected chi connectivity index (χ0v) is 13.1. The number of amides is 1. The van der Waals surface area contributed by atoms with Crippen LogP contribution in [0.15, 0.2) is 15.7 Å². The number of carbonyl (C=O) groups excluding carboxylic acids is 1. The summed E-state index contributed by atoms with van der Waals surface area (Å²) in [6, 6.07) is 1.60. The van der Waals surface area contributed by atoms with Gasteiger partial charge in [0.15, 0.2) is 0 Å². The van der Waals surface area contributed by atoms with Crippen LogP contribution in [0.25, 0.3) is 0 Å². The van der Waals surface area contributed by atoms with Crippen molar-refractivity contribution in [3.8, 4) is 0 Å². The van der Waals surface area contributed by atoms with Crippen LogP contribution < -0.4 is 21.9 Å². The molecule has 0 aromatic carbocycles. The van der Waals surface area contributed by atoms with Crippen LogP contribution in [0.2, 0.25) is 0 Å². The number of rotatable bonds is 7. The van der Waals surface area contributed by atoms with Crippen molar-refractivity contribution < 1.29 is 4.79 Å². The fourth-order valence-corrected chi connectivity index (χ4v) is 1.82. The number of hydrogen-bond donors (Lipinski definition) is 2. The Kier molecular flexibility index (Phi) is 6.36. The van der Waals surface area contributed by atoms with Crippen LogP contribution in [0.3, 0.4) is 0 Å². The molecule has 0 saturated heterocycles. The third-order valence-corrected chi connectivity index (χ3v) is 3.48. The Hall–Kier alpha value is -1.89. The number of nitrogens with zero attached hydrogens (tertiary/aromatic N) is 2. The maximum absolute atomic E-state index is 11.7. The lowest BCUT2D eigenvalue weighted by Gasteiger charge is -2.12. The normalized spacial score (nSPS) is 12.2. The van der Waals surface area contributed by atoms with Crippen LogP contribution in [-0.4, -0.2) is 27.6 Å². The van der Waals surface area contributed by atoms with Gasteiger partial charge < -0.3 is 10.6 Å². The maximum atomic E-state index is 11.7. The second kappa shape index (κ2) is 7.78. The largest absolute Gasteiger partial charge is 0.354 e. The molecule has 0 radical (unpaired) electrons. The molecular weight excluding hydrogens is 272 g/mol. The summed E-state index contributed by atoms with van der Waals surface area (Å²) in [6.45, 7) is 4.84.